The van der Waals surface area contributed by atoms with Crippen LogP contribution in [0.25, 0.3) is 0 Å². The fraction of sp³-hybridized carbons (Fsp3) is 0.700. The number of aromatic nitrogens is 1. The number of amides is 1. The van der Waals surface area contributed by atoms with Gasteiger partial charge in [-0.2, -0.15) is 0 Å². The zero-order valence-corrected chi connectivity index (χ0v) is 15.8. The first kappa shape index (κ1) is 17.7. The van der Waals surface area contributed by atoms with Gasteiger partial charge >= 0.3 is 0 Å². The Labute approximate surface area is 155 Å². The molecule has 0 aromatic carbocycles. The molecule has 6 heteroatoms. The number of hydrogen-bond donors (Lipinski definition) is 1. The molecule has 1 aliphatic carbocycles. The average Bonchev–Trinajstić information content (AvgIpc) is 3.29. The number of rotatable bonds is 3. The van der Waals surface area contributed by atoms with Gasteiger partial charge in [-0.15, -0.1) is 0 Å². The largest absolute Gasteiger partial charge is 0.391 e. The van der Waals surface area contributed by atoms with Gasteiger partial charge in [0, 0.05) is 38.4 Å². The fourth-order valence-corrected chi connectivity index (χ4v) is 5.04. The molecule has 0 radical (unpaired) electrons. The van der Waals surface area contributed by atoms with Crippen LogP contribution < -0.4 is 4.90 Å². The van der Waals surface area contributed by atoms with E-state index in [0.29, 0.717) is 11.8 Å². The highest BCUT2D eigenvalue weighted by molar-refractivity contribution is 5.99. The van der Waals surface area contributed by atoms with E-state index >= 15 is 0 Å². The number of carbonyl (C=O) groups excluding carboxylic acids is 1. The zero-order chi connectivity index (χ0) is 18.3. The van der Waals surface area contributed by atoms with E-state index in [-0.39, 0.29) is 18.1 Å². The van der Waals surface area contributed by atoms with E-state index in [0.717, 1.165) is 63.2 Å². The van der Waals surface area contributed by atoms with Crippen molar-refractivity contribution in [3.8, 4) is 0 Å². The Balaban J connectivity index is 1.53. The second-order valence-corrected chi connectivity index (χ2v) is 8.37. The summed E-state index contributed by atoms with van der Waals surface area (Å²) >= 11 is 0. The van der Waals surface area contributed by atoms with Gasteiger partial charge in [0.1, 0.15) is 5.82 Å². The highest BCUT2D eigenvalue weighted by Gasteiger charge is 2.43. The summed E-state index contributed by atoms with van der Waals surface area (Å²) in [6, 6.07) is 4.01. The molecule has 4 rings (SSSR count). The van der Waals surface area contributed by atoms with Crippen molar-refractivity contribution in [2.24, 2.45) is 11.8 Å². The SMILES string of the molecule is CN(C)[C@@H]1C[C@@H]2CN(c3ncccc3C(=O)N3CCCC3)C[C@@H]2C[C@H]1O. The number of hydrogen-bond acceptors (Lipinski definition) is 5. The standard InChI is InChI=1S/C20H30N4O2/c1-22(2)17-10-14-12-24(13-15(14)11-18(17)25)19-16(6-5-7-21-19)20(26)23-8-3-4-9-23/h5-7,14-15,17-18,25H,3-4,8-13H2,1-2H3/t14-,15+,17-,18-/m1/s1. The van der Waals surface area contributed by atoms with Crippen molar-refractivity contribution < 1.29 is 9.90 Å². The average molecular weight is 358 g/mol. The second kappa shape index (κ2) is 7.16. The first-order valence-electron chi connectivity index (χ1n) is 9.88. The van der Waals surface area contributed by atoms with Crippen molar-refractivity contribution >= 4 is 11.7 Å². The molecule has 2 saturated heterocycles. The van der Waals surface area contributed by atoms with E-state index in [2.05, 4.69) is 14.8 Å². The van der Waals surface area contributed by atoms with Gasteiger partial charge in [0.15, 0.2) is 0 Å². The van der Waals surface area contributed by atoms with Crippen LogP contribution in [0.15, 0.2) is 18.3 Å². The number of nitrogens with zero attached hydrogens (tertiary/aromatic N) is 4. The minimum atomic E-state index is -0.263. The van der Waals surface area contributed by atoms with Crippen molar-refractivity contribution in [2.45, 2.75) is 37.8 Å². The van der Waals surface area contributed by atoms with Crippen LogP contribution >= 0.6 is 0 Å². The number of likely N-dealkylation sites (N-methyl/N-ethyl adjacent to an activating group) is 1. The van der Waals surface area contributed by atoms with Crippen LogP contribution in [0.1, 0.15) is 36.0 Å². The fourth-order valence-electron chi connectivity index (χ4n) is 5.04. The maximum Gasteiger partial charge on any atom is 0.257 e. The van der Waals surface area contributed by atoms with Crippen molar-refractivity contribution in [2.75, 3.05) is 45.2 Å². The quantitative estimate of drug-likeness (QED) is 0.886. The minimum absolute atomic E-state index is 0.117. The molecule has 3 fully saturated rings. The molecule has 1 saturated carbocycles. The Bertz CT molecular complexity index is 659. The predicted octanol–water partition coefficient (Wildman–Crippen LogP) is 1.45. The predicted molar refractivity (Wildman–Crippen MR) is 101 cm³/mol. The van der Waals surface area contributed by atoms with Crippen LogP contribution in [-0.4, -0.2) is 78.2 Å². The Morgan fingerprint density at radius 2 is 1.88 bits per heavy atom. The normalized spacial score (nSPS) is 31.5. The van der Waals surface area contributed by atoms with Crippen molar-refractivity contribution in [3.63, 3.8) is 0 Å². The van der Waals surface area contributed by atoms with E-state index in [9.17, 15) is 9.90 Å². The number of pyridine rings is 1. The van der Waals surface area contributed by atoms with Crippen molar-refractivity contribution in [1.29, 1.82) is 0 Å². The molecule has 0 bridgehead atoms. The summed E-state index contributed by atoms with van der Waals surface area (Å²) in [7, 11) is 4.10. The summed E-state index contributed by atoms with van der Waals surface area (Å²) in [5, 5.41) is 10.5. The lowest BCUT2D eigenvalue weighted by Gasteiger charge is -2.38. The first-order chi connectivity index (χ1) is 12.5. The highest BCUT2D eigenvalue weighted by Crippen LogP contribution is 2.39. The lowest BCUT2D eigenvalue weighted by molar-refractivity contribution is 0.00942. The Kier molecular flexibility index (Phi) is 4.88. The van der Waals surface area contributed by atoms with Gasteiger partial charge in [0.25, 0.3) is 5.91 Å². The van der Waals surface area contributed by atoms with Crippen molar-refractivity contribution in [1.82, 2.24) is 14.8 Å². The van der Waals surface area contributed by atoms with Crippen LogP contribution in [0.5, 0.6) is 0 Å². The molecule has 6 nitrogen and oxygen atoms in total. The van der Waals surface area contributed by atoms with Gasteiger partial charge < -0.3 is 19.8 Å². The third-order valence-electron chi connectivity index (χ3n) is 6.48. The molecule has 3 aliphatic rings. The van der Waals surface area contributed by atoms with Crippen LogP contribution in [0.4, 0.5) is 5.82 Å². The van der Waals surface area contributed by atoms with Gasteiger partial charge in [0.05, 0.1) is 11.7 Å². The first-order valence-corrected chi connectivity index (χ1v) is 9.88. The van der Waals surface area contributed by atoms with Gasteiger partial charge in [-0.3, -0.25) is 4.79 Å². The molecular formula is C20H30N4O2. The maximum absolute atomic E-state index is 12.9. The molecule has 1 aromatic rings. The highest BCUT2D eigenvalue weighted by atomic mass is 16.3. The monoisotopic (exact) mass is 358 g/mol. The molecule has 1 aromatic heterocycles. The van der Waals surface area contributed by atoms with Crippen LogP contribution in [-0.2, 0) is 0 Å². The molecule has 1 N–H and O–H groups in total. The number of carbonyl (C=O) groups is 1. The molecule has 0 unspecified atom stereocenters. The van der Waals surface area contributed by atoms with Crippen molar-refractivity contribution in [3.05, 3.63) is 23.9 Å². The van der Waals surface area contributed by atoms with E-state index in [1.807, 2.05) is 31.1 Å². The van der Waals surface area contributed by atoms with Gasteiger partial charge in [-0.1, -0.05) is 0 Å². The Hall–Kier alpha value is -1.66. The Morgan fingerprint density at radius 1 is 1.19 bits per heavy atom. The van der Waals surface area contributed by atoms with E-state index < -0.39 is 0 Å². The molecule has 2 aliphatic heterocycles. The number of aliphatic hydroxyl groups excluding tert-OH is 1. The van der Waals surface area contributed by atoms with Crippen LogP contribution in [0, 0.1) is 11.8 Å². The third kappa shape index (κ3) is 3.21. The van der Waals surface area contributed by atoms with E-state index in [1.165, 1.54) is 0 Å². The summed E-state index contributed by atoms with van der Waals surface area (Å²) in [5.41, 5.74) is 0.734. The lowest BCUT2D eigenvalue weighted by atomic mass is 9.77. The van der Waals surface area contributed by atoms with E-state index in [1.54, 1.807) is 6.20 Å². The number of aliphatic hydroxyl groups is 1. The summed E-state index contributed by atoms with van der Waals surface area (Å²) in [4.78, 5) is 23.9. The molecule has 142 valence electrons. The van der Waals surface area contributed by atoms with E-state index in [4.69, 9.17) is 0 Å². The van der Waals surface area contributed by atoms with Gasteiger partial charge in [0.2, 0.25) is 0 Å². The zero-order valence-electron chi connectivity index (χ0n) is 15.8. The summed E-state index contributed by atoms with van der Waals surface area (Å²) in [5.74, 6) is 1.99. The third-order valence-corrected chi connectivity index (χ3v) is 6.48. The molecule has 0 spiro atoms. The molecule has 3 heterocycles. The molecular weight excluding hydrogens is 328 g/mol. The molecule has 4 atom stereocenters. The summed E-state index contributed by atoms with van der Waals surface area (Å²) in [6.07, 6.45) is 5.57. The molecule has 26 heavy (non-hydrogen) atoms. The molecule has 1 amide bonds. The summed E-state index contributed by atoms with van der Waals surface area (Å²) in [6.45, 7) is 3.53. The second-order valence-electron chi connectivity index (χ2n) is 8.37. The van der Waals surface area contributed by atoms with Gasteiger partial charge in [-0.05, 0) is 63.7 Å². The number of likely N-dealkylation sites (tertiary alicyclic amines) is 1. The Morgan fingerprint density at radius 3 is 2.58 bits per heavy atom. The van der Waals surface area contributed by atoms with Crippen LogP contribution in [0.2, 0.25) is 0 Å². The lowest BCUT2D eigenvalue weighted by Crippen LogP contribution is -2.46. The number of anilines is 1. The maximum atomic E-state index is 12.9. The van der Waals surface area contributed by atoms with Gasteiger partial charge in [-0.25, -0.2) is 4.98 Å². The topological polar surface area (TPSA) is 59.9 Å². The minimum Gasteiger partial charge on any atom is -0.391 e. The summed E-state index contributed by atoms with van der Waals surface area (Å²) < 4.78 is 0. The number of fused-ring (bicyclic) bond motifs is 1. The van der Waals surface area contributed by atoms with Crippen LogP contribution in [0.3, 0.4) is 0 Å². The smallest absolute Gasteiger partial charge is 0.257 e.